The molecule has 0 unspecified atom stereocenters. The van der Waals surface area contributed by atoms with Gasteiger partial charge in [0.1, 0.15) is 35.6 Å². The van der Waals surface area contributed by atoms with Crippen molar-refractivity contribution in [3.63, 3.8) is 0 Å². The van der Waals surface area contributed by atoms with Crippen LogP contribution in [0.4, 0.5) is 14.7 Å². The lowest BCUT2D eigenvalue weighted by Gasteiger charge is -2.07. The number of nitrogens with zero attached hydrogens (tertiary/aromatic N) is 3. The Hall–Kier alpha value is -4.84. The summed E-state index contributed by atoms with van der Waals surface area (Å²) in [6, 6.07) is 20.9. The number of aromatic amines is 1. The van der Waals surface area contributed by atoms with E-state index in [4.69, 9.17) is 4.74 Å². The van der Waals surface area contributed by atoms with Crippen molar-refractivity contribution in [1.82, 2.24) is 9.97 Å². The molecular formula is C25H17F2N5O2. The van der Waals surface area contributed by atoms with Gasteiger partial charge in [-0.3, -0.25) is 9.78 Å². The summed E-state index contributed by atoms with van der Waals surface area (Å²) in [7, 11) is 0. The van der Waals surface area contributed by atoms with Crippen LogP contribution in [0.1, 0.15) is 16.7 Å². The molecule has 3 aromatic carbocycles. The summed E-state index contributed by atoms with van der Waals surface area (Å²) in [5, 5.41) is 13.4. The van der Waals surface area contributed by atoms with Crippen molar-refractivity contribution < 1.29 is 13.5 Å². The van der Waals surface area contributed by atoms with Gasteiger partial charge in [-0.05, 0) is 11.1 Å². The van der Waals surface area contributed by atoms with Crippen molar-refractivity contribution in [2.45, 2.75) is 6.61 Å². The van der Waals surface area contributed by atoms with Gasteiger partial charge in [-0.2, -0.15) is 10.4 Å². The van der Waals surface area contributed by atoms with Crippen LogP contribution >= 0.6 is 0 Å². The fraction of sp³-hybridized carbons (Fsp3) is 0.0400. The maximum Gasteiger partial charge on any atom is 0.270 e. The molecule has 0 saturated heterocycles. The van der Waals surface area contributed by atoms with Crippen LogP contribution in [0.25, 0.3) is 11.3 Å². The third kappa shape index (κ3) is 5.49. The van der Waals surface area contributed by atoms with Crippen LogP contribution < -0.4 is 15.7 Å². The highest BCUT2D eigenvalue weighted by Gasteiger charge is 2.12. The number of H-pyrrole nitrogens is 1. The monoisotopic (exact) mass is 457 g/mol. The molecule has 0 aliphatic heterocycles. The summed E-state index contributed by atoms with van der Waals surface area (Å²) in [4.78, 5) is 19.1. The Morgan fingerprint density at radius 1 is 1.06 bits per heavy atom. The van der Waals surface area contributed by atoms with Crippen molar-refractivity contribution >= 4 is 12.2 Å². The highest BCUT2D eigenvalue weighted by atomic mass is 19.1. The molecule has 9 heteroatoms. The number of hydrogen-bond acceptors (Lipinski definition) is 6. The molecule has 0 amide bonds. The molecule has 4 rings (SSSR count). The van der Waals surface area contributed by atoms with Crippen molar-refractivity contribution in [2.75, 3.05) is 5.43 Å². The van der Waals surface area contributed by atoms with Gasteiger partial charge >= 0.3 is 0 Å². The van der Waals surface area contributed by atoms with Crippen molar-refractivity contribution in [2.24, 2.45) is 5.10 Å². The molecule has 168 valence electrons. The molecule has 0 atom stereocenters. The predicted molar refractivity (Wildman–Crippen MR) is 123 cm³/mol. The molecular weight excluding hydrogens is 440 g/mol. The fourth-order valence-corrected chi connectivity index (χ4v) is 3.08. The van der Waals surface area contributed by atoms with Gasteiger partial charge in [-0.15, -0.1) is 0 Å². The van der Waals surface area contributed by atoms with Gasteiger partial charge in [-0.25, -0.2) is 19.2 Å². The van der Waals surface area contributed by atoms with Gasteiger partial charge in [0, 0.05) is 23.8 Å². The normalized spacial score (nSPS) is 10.7. The summed E-state index contributed by atoms with van der Waals surface area (Å²) in [6.45, 7) is 0.136. The third-order valence-electron chi connectivity index (χ3n) is 4.68. The van der Waals surface area contributed by atoms with Crippen LogP contribution in [-0.4, -0.2) is 16.2 Å². The van der Waals surface area contributed by atoms with Crippen molar-refractivity contribution in [3.05, 3.63) is 111 Å². The topological polar surface area (TPSA) is 103 Å². The van der Waals surface area contributed by atoms with E-state index in [0.717, 1.165) is 29.3 Å². The molecule has 0 radical (unpaired) electrons. The summed E-state index contributed by atoms with van der Waals surface area (Å²) in [5.74, 6) is -1.22. The fourth-order valence-electron chi connectivity index (χ4n) is 3.08. The van der Waals surface area contributed by atoms with Gasteiger partial charge in [0.2, 0.25) is 5.95 Å². The first-order valence-corrected chi connectivity index (χ1v) is 10.1. The van der Waals surface area contributed by atoms with E-state index in [9.17, 15) is 18.8 Å². The standard InChI is InChI=1S/C25H17F2N5O2/c26-19-10-20(27)12-21(11-19)34-15-17-8-6-16(7-9-17)14-29-32-25-30-23(18-4-2-1-3-5-18)22(13-28)24(33)31-25/h1-12,14H,15H2,(H2,30,31,32,33). The zero-order chi connectivity index (χ0) is 23.9. The van der Waals surface area contributed by atoms with E-state index in [1.807, 2.05) is 12.1 Å². The average molecular weight is 457 g/mol. The van der Waals surface area contributed by atoms with E-state index in [-0.39, 0.29) is 29.6 Å². The summed E-state index contributed by atoms with van der Waals surface area (Å²) < 4.78 is 31.9. The first kappa shape index (κ1) is 22.4. The van der Waals surface area contributed by atoms with E-state index in [1.54, 1.807) is 48.5 Å². The molecule has 1 aromatic heterocycles. The number of nitriles is 1. The highest BCUT2D eigenvalue weighted by Crippen LogP contribution is 2.20. The lowest BCUT2D eigenvalue weighted by atomic mass is 10.1. The Morgan fingerprint density at radius 3 is 2.44 bits per heavy atom. The molecule has 0 spiro atoms. The van der Waals surface area contributed by atoms with E-state index in [1.165, 1.54) is 6.21 Å². The Balaban J connectivity index is 1.42. The van der Waals surface area contributed by atoms with Gasteiger partial charge in [0.15, 0.2) is 0 Å². The van der Waals surface area contributed by atoms with Gasteiger partial charge in [0.25, 0.3) is 5.56 Å². The van der Waals surface area contributed by atoms with E-state index in [0.29, 0.717) is 5.56 Å². The minimum atomic E-state index is -0.706. The second kappa shape index (κ2) is 10.2. The second-order valence-corrected chi connectivity index (χ2v) is 7.12. The second-order valence-electron chi connectivity index (χ2n) is 7.12. The molecule has 7 nitrogen and oxygen atoms in total. The number of rotatable bonds is 7. The number of aromatic nitrogens is 2. The maximum absolute atomic E-state index is 13.2. The van der Waals surface area contributed by atoms with E-state index < -0.39 is 17.2 Å². The molecule has 0 aliphatic carbocycles. The zero-order valence-corrected chi connectivity index (χ0v) is 17.6. The first-order valence-electron chi connectivity index (χ1n) is 10.1. The average Bonchev–Trinajstić information content (AvgIpc) is 2.83. The molecule has 34 heavy (non-hydrogen) atoms. The van der Waals surface area contributed by atoms with Crippen molar-refractivity contribution in [1.29, 1.82) is 5.26 Å². The Bertz CT molecular complexity index is 1410. The SMILES string of the molecule is N#Cc1c(-c2ccccc2)nc(NN=Cc2ccc(COc3cc(F)cc(F)c3)cc2)[nH]c1=O. The van der Waals surface area contributed by atoms with Crippen LogP contribution in [0.2, 0.25) is 0 Å². The van der Waals surface area contributed by atoms with Crippen LogP contribution in [0, 0.1) is 23.0 Å². The summed E-state index contributed by atoms with van der Waals surface area (Å²) >= 11 is 0. The molecule has 1 heterocycles. The highest BCUT2D eigenvalue weighted by molar-refractivity contribution is 5.80. The molecule has 4 aromatic rings. The van der Waals surface area contributed by atoms with Gasteiger partial charge in [0.05, 0.1) is 11.9 Å². The Kier molecular flexibility index (Phi) is 6.70. The number of nitrogens with one attached hydrogen (secondary N) is 2. The Morgan fingerprint density at radius 2 is 1.76 bits per heavy atom. The maximum atomic E-state index is 13.2. The minimum absolute atomic E-state index is 0.0838. The number of hydrazone groups is 1. The van der Waals surface area contributed by atoms with Crippen LogP contribution in [-0.2, 0) is 6.61 Å². The van der Waals surface area contributed by atoms with Gasteiger partial charge < -0.3 is 4.74 Å². The number of anilines is 1. The van der Waals surface area contributed by atoms with E-state index in [2.05, 4.69) is 20.5 Å². The molecule has 2 N–H and O–H groups in total. The lowest BCUT2D eigenvalue weighted by molar-refractivity contribution is 0.302. The lowest BCUT2D eigenvalue weighted by Crippen LogP contribution is -2.16. The zero-order valence-electron chi connectivity index (χ0n) is 17.6. The quantitative estimate of drug-likeness (QED) is 0.312. The summed E-state index contributed by atoms with van der Waals surface area (Å²) in [6.07, 6.45) is 1.52. The van der Waals surface area contributed by atoms with Crippen molar-refractivity contribution in [3.8, 4) is 23.1 Å². The predicted octanol–water partition coefficient (Wildman–Crippen LogP) is 4.61. The molecule has 0 aliphatic rings. The molecule has 0 saturated carbocycles. The molecule has 0 fully saturated rings. The smallest absolute Gasteiger partial charge is 0.270 e. The minimum Gasteiger partial charge on any atom is -0.489 e. The number of hydrogen-bond donors (Lipinski definition) is 2. The van der Waals surface area contributed by atoms with Crippen LogP contribution in [0.15, 0.2) is 82.7 Å². The Labute approximate surface area is 193 Å². The van der Waals surface area contributed by atoms with E-state index >= 15 is 0 Å². The number of halogens is 2. The first-order chi connectivity index (χ1) is 16.5. The number of ether oxygens (including phenoxy) is 1. The summed E-state index contributed by atoms with van der Waals surface area (Å²) in [5.41, 5.74) is 4.44. The van der Waals surface area contributed by atoms with Gasteiger partial charge in [-0.1, -0.05) is 54.6 Å². The molecule has 0 bridgehead atoms. The largest absolute Gasteiger partial charge is 0.489 e. The van der Waals surface area contributed by atoms with Crippen LogP contribution in [0.5, 0.6) is 5.75 Å². The number of benzene rings is 3. The third-order valence-corrected chi connectivity index (χ3v) is 4.68. The van der Waals surface area contributed by atoms with Crippen LogP contribution in [0.3, 0.4) is 0 Å².